The Hall–Kier alpha value is -15.1. The van der Waals surface area contributed by atoms with E-state index in [1.165, 1.54) is 61.9 Å². The molecule has 0 aliphatic heterocycles. The number of hydrogen-bond donors (Lipinski definition) is 0. The lowest BCUT2D eigenvalue weighted by Crippen LogP contribution is -2.09. The lowest BCUT2D eigenvalue weighted by molar-refractivity contribution is 0.111. The van der Waals surface area contributed by atoms with Gasteiger partial charge in [-0.2, -0.15) is 0 Å². The first-order chi connectivity index (χ1) is 61.3. The molecular weight excluding hydrogens is 1590 g/mol. The molecule has 0 fully saturated rings. The number of para-hydroxylation sites is 8. The van der Waals surface area contributed by atoms with Crippen molar-refractivity contribution < 1.29 is 9.59 Å². The van der Waals surface area contributed by atoms with E-state index in [9.17, 15) is 9.59 Å². The Morgan fingerprint density at radius 3 is 0.468 bits per heavy atom. The monoisotopic (exact) mass is 1660 g/mol. The second-order valence-electron chi connectivity index (χ2n) is 29.9. The van der Waals surface area contributed by atoms with Crippen LogP contribution in [-0.4, -0.2) is 12.6 Å². The molecule has 0 spiro atoms. The lowest BCUT2D eigenvalue weighted by atomic mass is 9.98. The number of benzene rings is 16. The van der Waals surface area contributed by atoms with Gasteiger partial charge < -0.3 is 19.6 Å². The van der Waals surface area contributed by atoms with Gasteiger partial charge in [0.05, 0.1) is 18.8 Å². The molecule has 0 saturated carbocycles. The highest BCUT2D eigenvalue weighted by Gasteiger charge is 2.29. The second-order valence-corrected chi connectivity index (χ2v) is 34.0. The van der Waals surface area contributed by atoms with Gasteiger partial charge in [0.2, 0.25) is 0 Å². The number of aldehydes is 2. The smallest absolute Gasteiger partial charge is 0.150 e. The number of carbonyl (C=O) groups is 2. The normalized spacial score (nSPS) is 11.0. The van der Waals surface area contributed by atoms with Crippen molar-refractivity contribution in [1.82, 2.24) is 0 Å². The Balaban J connectivity index is 0.000000163. The summed E-state index contributed by atoms with van der Waals surface area (Å²) in [4.78, 5) is 37.5. The van der Waals surface area contributed by atoms with Crippen LogP contribution in [0.3, 0.4) is 0 Å². The number of nitrogens with zero attached hydrogens (tertiary/aromatic N) is 4. The first-order valence-electron chi connectivity index (χ1n) is 41.1. The number of hydrogen-bond acceptors (Lipinski definition) is 10. The van der Waals surface area contributed by atoms with Crippen molar-refractivity contribution in [3.8, 4) is 86.3 Å². The molecule has 16 aromatic carbocycles. The molecule has 0 unspecified atom stereocenters. The Morgan fingerprint density at radius 2 is 0.315 bits per heavy atom. The topological polar surface area (TPSA) is 47.1 Å². The fourth-order valence-electron chi connectivity index (χ4n) is 16.2. The van der Waals surface area contributed by atoms with Gasteiger partial charge in [0.1, 0.15) is 12.6 Å². The van der Waals surface area contributed by atoms with E-state index in [-0.39, 0.29) is 0 Å². The molecule has 6 nitrogen and oxygen atoms in total. The van der Waals surface area contributed by atoms with Crippen molar-refractivity contribution in [2.24, 2.45) is 0 Å². The number of anilines is 12. The minimum Gasteiger partial charge on any atom is -0.311 e. The maximum absolute atomic E-state index is 11.8. The zero-order chi connectivity index (χ0) is 83.7. The molecule has 0 amide bonds. The van der Waals surface area contributed by atoms with Crippen molar-refractivity contribution in [3.63, 3.8) is 0 Å². The molecule has 0 N–H and O–H groups in total. The highest BCUT2D eigenvalue weighted by molar-refractivity contribution is 7.34. The fraction of sp³-hybridized carbons (Fsp3) is 0. The molecule has 4 aromatic heterocycles. The summed E-state index contributed by atoms with van der Waals surface area (Å²) in [6.45, 7) is 8.06. The molecular formula is C114H80N4O2S4. The highest BCUT2D eigenvalue weighted by Crippen LogP contribution is 2.59. The average Bonchev–Trinajstić information content (AvgIpc) is 1.57. The van der Waals surface area contributed by atoms with Crippen LogP contribution in [0.15, 0.2) is 450 Å². The Bertz CT molecular complexity index is 6050. The summed E-state index contributed by atoms with van der Waals surface area (Å²) in [5.41, 5.74) is 30.4. The van der Waals surface area contributed by atoms with Gasteiger partial charge in [-0.05, 0) is 201 Å². The largest absolute Gasteiger partial charge is 0.311 e. The van der Waals surface area contributed by atoms with Gasteiger partial charge in [0, 0.05) is 121 Å². The van der Waals surface area contributed by atoms with E-state index in [1.54, 1.807) is 22.7 Å². The summed E-state index contributed by atoms with van der Waals surface area (Å²) in [7, 11) is 0. The van der Waals surface area contributed by atoms with Crippen LogP contribution in [-0.2, 0) is 0 Å². The molecule has 0 aliphatic rings. The molecule has 0 atom stereocenters. The molecule has 0 radical (unpaired) electrons. The molecule has 20 aromatic rings. The summed E-state index contributed by atoms with van der Waals surface area (Å²) < 4.78 is 4.93. The molecule has 592 valence electrons. The zero-order valence-electron chi connectivity index (χ0n) is 67.5. The number of carbonyl (C=O) groups excluding carboxylic acids is 2. The number of rotatable bonds is 24. The Kier molecular flexibility index (Phi) is 22.9. The minimum absolute atomic E-state index is 0.641. The molecule has 0 bridgehead atoms. The third-order valence-corrected chi connectivity index (χ3v) is 27.5. The molecule has 10 heteroatoms. The van der Waals surface area contributed by atoms with Crippen LogP contribution in [0.2, 0.25) is 0 Å². The van der Waals surface area contributed by atoms with E-state index >= 15 is 0 Å². The van der Waals surface area contributed by atoms with Crippen LogP contribution in [0.4, 0.5) is 68.2 Å². The summed E-state index contributed by atoms with van der Waals surface area (Å²) in [6.07, 6.45) is 5.60. The van der Waals surface area contributed by atoms with E-state index < -0.39 is 0 Å². The SMILES string of the molecule is C=Cc1ccc(-c2sc3c(-c4ccc(N(c5ccccc5)c5ccccc5)cc4)c(-c4ccc(C=C)cc4)sc3c2-c2ccc(N(c3ccccc3)c3ccccc3)cc2)cc1.O=Cc1ccc(-c2sc3c(-c4ccc(N(c5ccccc5)c5ccccc5)cc4)c(-c4ccc(C=O)cc4)sc3c2-c2ccc(N(c3ccccc3)c3ccccc3)cc2)cc1. The van der Waals surface area contributed by atoms with E-state index in [0.717, 1.165) is 135 Å². The zero-order valence-corrected chi connectivity index (χ0v) is 70.8. The van der Waals surface area contributed by atoms with E-state index in [0.29, 0.717) is 11.1 Å². The van der Waals surface area contributed by atoms with Gasteiger partial charge >= 0.3 is 0 Å². The molecule has 0 aliphatic carbocycles. The summed E-state index contributed by atoms with van der Waals surface area (Å²) in [6, 6.07) is 153. The van der Waals surface area contributed by atoms with Gasteiger partial charge in [0.15, 0.2) is 0 Å². The number of thiophene rings is 4. The minimum atomic E-state index is 0.641. The van der Waals surface area contributed by atoms with Gasteiger partial charge in [0.25, 0.3) is 0 Å². The third-order valence-electron chi connectivity index (χ3n) is 22.3. The van der Waals surface area contributed by atoms with E-state index in [4.69, 9.17) is 0 Å². The van der Waals surface area contributed by atoms with Crippen LogP contribution in [0.1, 0.15) is 31.8 Å². The van der Waals surface area contributed by atoms with Gasteiger partial charge in [-0.15, -0.1) is 45.3 Å². The molecule has 0 saturated heterocycles. The predicted octanol–water partition coefficient (Wildman–Crippen LogP) is 34.1. The van der Waals surface area contributed by atoms with E-state index in [1.807, 2.05) is 83.4 Å². The standard InChI is InChI=1S/C58H42N2S2.C56H38N2O2S2/c1-3-41-25-29-45(30-26-41)55-53(43-33-37-51(38-34-43)59(47-17-9-5-10-18-47)48-19-11-6-12-20-48)57-58(61-55)54(56(62-57)46-31-27-42(4-2)28-32-46)44-35-39-52(40-36-44)60(49-21-13-7-14-22-49)50-23-15-8-16-24-50;59-37-39-21-25-43(26-22-39)53-51(41-29-33-49(34-30-41)57(45-13-5-1-6-14-45)46-15-7-2-8-16-46)55-56(61-53)52(54(62-55)44-27-23-40(38-60)24-28-44)42-31-35-50(36-32-42)58(47-17-9-3-10-18-47)48-19-11-4-12-20-48/h3-40H,1-2H2;1-38H. The van der Waals surface area contributed by atoms with Crippen molar-refractivity contribution in [3.05, 3.63) is 472 Å². The molecule has 4 heterocycles. The van der Waals surface area contributed by atoms with Crippen molar-refractivity contribution in [2.75, 3.05) is 19.6 Å². The predicted molar refractivity (Wildman–Crippen MR) is 533 cm³/mol. The average molecular weight is 1670 g/mol. The van der Waals surface area contributed by atoms with Crippen molar-refractivity contribution in [1.29, 1.82) is 0 Å². The maximum atomic E-state index is 11.8. The van der Waals surface area contributed by atoms with E-state index in [2.05, 4.69) is 421 Å². The fourth-order valence-corrected chi connectivity index (χ4v) is 22.2. The van der Waals surface area contributed by atoms with Crippen LogP contribution >= 0.6 is 45.3 Å². The van der Waals surface area contributed by atoms with Crippen LogP contribution < -0.4 is 19.6 Å². The molecule has 124 heavy (non-hydrogen) atoms. The van der Waals surface area contributed by atoms with Crippen LogP contribution in [0.5, 0.6) is 0 Å². The summed E-state index contributed by atoms with van der Waals surface area (Å²) >= 11 is 7.34. The van der Waals surface area contributed by atoms with Crippen molar-refractivity contribution in [2.45, 2.75) is 0 Å². The highest BCUT2D eigenvalue weighted by atomic mass is 32.1. The van der Waals surface area contributed by atoms with Gasteiger partial charge in [-0.3, -0.25) is 9.59 Å². The van der Waals surface area contributed by atoms with Crippen molar-refractivity contribution >= 4 is 157 Å². The van der Waals surface area contributed by atoms with Crippen LogP contribution in [0.25, 0.3) is 117 Å². The first-order valence-corrected chi connectivity index (χ1v) is 44.4. The van der Waals surface area contributed by atoms with Gasteiger partial charge in [-0.1, -0.05) is 316 Å². The number of fused-ring (bicyclic) bond motifs is 2. The summed E-state index contributed by atoms with van der Waals surface area (Å²) in [5, 5.41) is 0. The maximum Gasteiger partial charge on any atom is 0.150 e. The lowest BCUT2D eigenvalue weighted by Gasteiger charge is -2.25. The summed E-state index contributed by atoms with van der Waals surface area (Å²) in [5.74, 6) is 0. The van der Waals surface area contributed by atoms with Crippen LogP contribution in [0, 0.1) is 0 Å². The third kappa shape index (κ3) is 16.1. The Morgan fingerprint density at radius 1 is 0.169 bits per heavy atom. The molecule has 20 rings (SSSR count). The first kappa shape index (κ1) is 78.7. The quantitative estimate of drug-likeness (QED) is 0.0562. The second kappa shape index (κ2) is 36.0. The Labute approximate surface area is 739 Å². The van der Waals surface area contributed by atoms with Gasteiger partial charge in [-0.25, -0.2) is 0 Å².